The van der Waals surface area contributed by atoms with Crippen LogP contribution in [0.15, 0.2) is 12.1 Å². The number of esters is 2. The molecule has 1 aliphatic heterocycles. The summed E-state index contributed by atoms with van der Waals surface area (Å²) in [6, 6.07) is 2.28. The fraction of sp³-hybridized carbons (Fsp3) is 0.704. The first-order chi connectivity index (χ1) is 16.2. The Morgan fingerprint density at radius 3 is 2.23 bits per heavy atom. The number of hydrogen-bond acceptors (Lipinski definition) is 7. The van der Waals surface area contributed by atoms with Crippen molar-refractivity contribution in [3.63, 3.8) is 0 Å². The Balaban J connectivity index is 1.94. The molecule has 0 aromatic heterocycles. The van der Waals surface area contributed by atoms with Crippen LogP contribution >= 0.6 is 0 Å². The Morgan fingerprint density at radius 2 is 1.66 bits per heavy atom. The minimum absolute atomic E-state index is 0.0692. The number of hydrogen-bond donors (Lipinski definition) is 0. The van der Waals surface area contributed by atoms with E-state index in [1.807, 2.05) is 0 Å². The number of ether oxygens (including phenoxy) is 3. The number of carbonyl (C=O) groups is 2. The molecule has 0 spiro atoms. The van der Waals surface area contributed by atoms with Crippen molar-refractivity contribution in [2.24, 2.45) is 22.7 Å². The zero-order chi connectivity index (χ0) is 25.9. The predicted molar refractivity (Wildman–Crippen MR) is 129 cm³/mol. The van der Waals surface area contributed by atoms with E-state index in [-0.39, 0.29) is 33.2 Å². The normalized spacial score (nSPS) is 33.7. The van der Waals surface area contributed by atoms with Crippen molar-refractivity contribution in [2.75, 3.05) is 0 Å². The molecule has 6 atom stereocenters. The van der Waals surface area contributed by atoms with Crippen molar-refractivity contribution in [3.05, 3.63) is 27.8 Å². The third-order valence-corrected chi connectivity index (χ3v) is 9.07. The van der Waals surface area contributed by atoms with Crippen molar-refractivity contribution in [1.29, 1.82) is 0 Å². The van der Waals surface area contributed by atoms with Gasteiger partial charge < -0.3 is 14.2 Å². The van der Waals surface area contributed by atoms with Gasteiger partial charge in [-0.3, -0.25) is 19.7 Å². The molecule has 1 unspecified atom stereocenters. The summed E-state index contributed by atoms with van der Waals surface area (Å²) in [6.07, 6.45) is 4.99. The number of nitrogens with zero attached hydrogens (tertiary/aromatic N) is 1. The maximum Gasteiger partial charge on any atom is 0.308 e. The molecule has 192 valence electrons. The lowest BCUT2D eigenvalue weighted by molar-refractivity contribution is -0.526. The van der Waals surface area contributed by atoms with E-state index in [4.69, 9.17) is 14.2 Å². The van der Waals surface area contributed by atoms with Gasteiger partial charge in [0.1, 0.15) is 11.4 Å². The summed E-state index contributed by atoms with van der Waals surface area (Å²) in [4.78, 5) is 35.6. The van der Waals surface area contributed by atoms with E-state index in [0.29, 0.717) is 17.2 Å². The molecule has 4 rings (SSSR count). The van der Waals surface area contributed by atoms with Crippen LogP contribution in [0.4, 0.5) is 0 Å². The van der Waals surface area contributed by atoms with E-state index in [2.05, 4.69) is 27.7 Å². The summed E-state index contributed by atoms with van der Waals surface area (Å²) in [5.74, 6) is -0.690. The summed E-state index contributed by atoms with van der Waals surface area (Å²) in [7, 11) is 0. The molecule has 2 aliphatic carbocycles. The first kappa shape index (κ1) is 25.5. The molecule has 2 fully saturated rings. The summed E-state index contributed by atoms with van der Waals surface area (Å²) in [5.41, 5.74) is 0.00214. The quantitative estimate of drug-likeness (QED) is 0.233. The summed E-state index contributed by atoms with van der Waals surface area (Å²) >= 11 is 0. The fourth-order valence-corrected chi connectivity index (χ4v) is 7.92. The zero-order valence-corrected chi connectivity index (χ0v) is 21.8. The van der Waals surface area contributed by atoms with E-state index < -0.39 is 29.5 Å². The van der Waals surface area contributed by atoms with Crippen LogP contribution in [0.25, 0.3) is 0 Å². The molecular weight excluding hydrogens is 450 g/mol. The monoisotopic (exact) mass is 487 g/mol. The molecular formula is C27H37NO7. The molecule has 1 aromatic carbocycles. The maximum atomic E-state index is 12.3. The lowest BCUT2D eigenvalue weighted by atomic mass is 9.42. The van der Waals surface area contributed by atoms with Crippen LogP contribution in [-0.2, 0) is 9.59 Å². The van der Waals surface area contributed by atoms with Crippen LogP contribution < -0.4 is 14.2 Å². The van der Waals surface area contributed by atoms with Crippen molar-refractivity contribution >= 4 is 11.9 Å². The average molecular weight is 488 g/mol. The zero-order valence-electron chi connectivity index (χ0n) is 21.8. The Labute approximate surface area is 206 Å². The Kier molecular flexibility index (Phi) is 6.17. The first-order valence-electron chi connectivity index (χ1n) is 12.6. The van der Waals surface area contributed by atoms with E-state index in [1.54, 1.807) is 19.1 Å². The first-order valence-corrected chi connectivity index (χ1v) is 12.6. The maximum absolute atomic E-state index is 12.3. The van der Waals surface area contributed by atoms with E-state index in [9.17, 15) is 19.7 Å². The minimum Gasteiger partial charge on any atom is -0.487 e. The van der Waals surface area contributed by atoms with E-state index in [0.717, 1.165) is 32.1 Å². The average Bonchev–Trinajstić information content (AvgIpc) is 2.70. The summed E-state index contributed by atoms with van der Waals surface area (Å²) in [5, 5.41) is 12.3. The Hall–Kier alpha value is -2.64. The van der Waals surface area contributed by atoms with Crippen LogP contribution in [0.5, 0.6) is 17.2 Å². The van der Waals surface area contributed by atoms with Gasteiger partial charge in [-0.05, 0) is 55.4 Å². The fourth-order valence-electron chi connectivity index (χ4n) is 7.92. The summed E-state index contributed by atoms with van der Waals surface area (Å²) < 4.78 is 17.4. The van der Waals surface area contributed by atoms with Gasteiger partial charge in [0.05, 0.1) is 5.92 Å². The smallest absolute Gasteiger partial charge is 0.308 e. The van der Waals surface area contributed by atoms with E-state index >= 15 is 0 Å². The number of nitro groups is 1. The van der Waals surface area contributed by atoms with Gasteiger partial charge in [-0.25, -0.2) is 0 Å². The molecule has 8 heteroatoms. The van der Waals surface area contributed by atoms with Gasteiger partial charge in [0.2, 0.25) is 6.04 Å². The number of fused-ring (bicyclic) bond motifs is 4. The second kappa shape index (κ2) is 8.49. The van der Waals surface area contributed by atoms with Crippen molar-refractivity contribution < 1.29 is 28.7 Å². The van der Waals surface area contributed by atoms with Gasteiger partial charge in [-0.15, -0.1) is 0 Å². The van der Waals surface area contributed by atoms with Gasteiger partial charge >= 0.3 is 11.9 Å². The van der Waals surface area contributed by atoms with Gasteiger partial charge in [0.25, 0.3) is 0 Å². The molecule has 0 bridgehead atoms. The number of carbonyl (C=O) groups excluding carboxylic acids is 2. The molecule has 0 amide bonds. The highest BCUT2D eigenvalue weighted by Crippen LogP contribution is 2.68. The number of benzene rings is 1. The third-order valence-electron chi connectivity index (χ3n) is 9.07. The lowest BCUT2D eigenvalue weighted by Crippen LogP contribution is -2.64. The van der Waals surface area contributed by atoms with Crippen molar-refractivity contribution in [3.8, 4) is 17.2 Å². The van der Waals surface area contributed by atoms with Crippen molar-refractivity contribution in [2.45, 2.75) is 98.1 Å². The highest BCUT2D eigenvalue weighted by molar-refractivity contribution is 5.74. The van der Waals surface area contributed by atoms with Crippen LogP contribution in [-0.4, -0.2) is 28.5 Å². The summed E-state index contributed by atoms with van der Waals surface area (Å²) in [6.45, 7) is 13.2. The topological polar surface area (TPSA) is 105 Å². The lowest BCUT2D eigenvalue weighted by Gasteiger charge is -2.65. The largest absolute Gasteiger partial charge is 0.487 e. The van der Waals surface area contributed by atoms with Crippen LogP contribution in [0.2, 0.25) is 0 Å². The molecule has 3 aliphatic rings. The SMILES string of the molecule is CC(=O)Oc1cc2c(cc1OC(C)=O)[C@@H](C(C)[N+](=O)[O-])[C@@H]1[C@@]3(C)CCCC(C)(C)[C@@H]3CC[C@]1(C)O2. The molecule has 0 radical (unpaired) electrons. The number of rotatable bonds is 4. The molecule has 35 heavy (non-hydrogen) atoms. The molecule has 0 N–H and O–H groups in total. The molecule has 2 saturated carbocycles. The standard InChI is InChI=1S/C27H37NO7/c1-15(28(31)32)23-18-13-20(33-16(2)29)21(34-17(3)30)14-19(18)35-27(7)12-9-22-25(4,5)10-8-11-26(22,6)24(23)27/h13-15,22-24H,8-12H2,1-7H3/t15?,22-,23+,24+,26-,27-/m0/s1. The molecule has 8 nitrogen and oxygen atoms in total. The second-order valence-corrected chi connectivity index (χ2v) is 11.9. The van der Waals surface area contributed by atoms with Gasteiger partial charge in [0, 0.05) is 43.2 Å². The second-order valence-electron chi connectivity index (χ2n) is 11.9. The van der Waals surface area contributed by atoms with Crippen molar-refractivity contribution in [1.82, 2.24) is 0 Å². The van der Waals surface area contributed by atoms with Crippen LogP contribution in [0.3, 0.4) is 0 Å². The molecule has 1 aromatic rings. The third kappa shape index (κ3) is 4.19. The Morgan fingerprint density at radius 1 is 1.06 bits per heavy atom. The van der Waals surface area contributed by atoms with Gasteiger partial charge in [0.15, 0.2) is 11.5 Å². The molecule has 1 heterocycles. The van der Waals surface area contributed by atoms with Crippen LogP contribution in [0.1, 0.15) is 92.1 Å². The Bertz CT molecular complexity index is 1070. The highest BCUT2D eigenvalue weighted by Gasteiger charge is 2.65. The van der Waals surface area contributed by atoms with Gasteiger partial charge in [-0.2, -0.15) is 0 Å². The highest BCUT2D eigenvalue weighted by atomic mass is 16.6. The van der Waals surface area contributed by atoms with E-state index in [1.165, 1.54) is 13.8 Å². The minimum atomic E-state index is -0.882. The predicted octanol–water partition coefficient (Wildman–Crippen LogP) is 5.68. The molecule has 0 saturated heterocycles. The van der Waals surface area contributed by atoms with Crippen LogP contribution in [0, 0.1) is 32.8 Å². The van der Waals surface area contributed by atoms with Gasteiger partial charge in [-0.1, -0.05) is 27.2 Å².